The topological polar surface area (TPSA) is 89.0 Å². The molecule has 1 aromatic heterocycles. The van der Waals surface area contributed by atoms with Gasteiger partial charge in [0, 0.05) is 5.56 Å². The highest BCUT2D eigenvalue weighted by molar-refractivity contribution is 7.22. The average molecular weight is 533 g/mol. The van der Waals surface area contributed by atoms with Gasteiger partial charge in [-0.25, -0.2) is 9.37 Å². The molecule has 1 N–H and O–H groups in total. The van der Waals surface area contributed by atoms with Crippen molar-refractivity contribution in [2.24, 2.45) is 0 Å². The summed E-state index contributed by atoms with van der Waals surface area (Å²) in [6.07, 6.45) is 1.85. The van der Waals surface area contributed by atoms with Gasteiger partial charge in [-0.15, -0.1) is 0 Å². The molecule has 1 fully saturated rings. The van der Waals surface area contributed by atoms with Crippen molar-refractivity contribution in [3.8, 4) is 11.5 Å². The summed E-state index contributed by atoms with van der Waals surface area (Å²) in [5, 5.41) is 11.6. The van der Waals surface area contributed by atoms with E-state index in [2.05, 4.69) is 11.9 Å². The van der Waals surface area contributed by atoms with Crippen molar-refractivity contribution in [1.82, 2.24) is 4.98 Å². The number of Topliss-reactive ketones (excluding diaryl/α,β-unsaturated/α-hetero) is 1. The predicted molar refractivity (Wildman–Crippen MR) is 144 cm³/mol. The molecule has 38 heavy (non-hydrogen) atoms. The van der Waals surface area contributed by atoms with E-state index in [-0.39, 0.29) is 16.5 Å². The van der Waals surface area contributed by atoms with E-state index in [1.165, 1.54) is 30.2 Å². The fourth-order valence-electron chi connectivity index (χ4n) is 4.35. The Morgan fingerprint density at radius 2 is 1.87 bits per heavy atom. The van der Waals surface area contributed by atoms with Crippen molar-refractivity contribution in [2.45, 2.75) is 25.8 Å². The highest BCUT2D eigenvalue weighted by Gasteiger charge is 2.48. The van der Waals surface area contributed by atoms with Gasteiger partial charge in [-0.05, 0) is 66.6 Å². The molecule has 0 aliphatic carbocycles. The molecule has 1 saturated heterocycles. The molecule has 9 heteroatoms. The zero-order valence-corrected chi connectivity index (χ0v) is 21.6. The van der Waals surface area contributed by atoms with Crippen LogP contribution in [0.4, 0.5) is 9.52 Å². The highest BCUT2D eigenvalue weighted by atomic mass is 32.1. The van der Waals surface area contributed by atoms with E-state index in [0.717, 1.165) is 24.2 Å². The molecule has 0 saturated carbocycles. The Hall–Kier alpha value is -4.24. The number of ether oxygens (including phenoxy) is 2. The minimum atomic E-state index is -0.975. The number of ketones is 1. The van der Waals surface area contributed by atoms with Gasteiger partial charge in [0.15, 0.2) is 5.13 Å². The summed E-state index contributed by atoms with van der Waals surface area (Å²) in [7, 11) is 1.53. The number of hydrogen-bond acceptors (Lipinski definition) is 7. The molecule has 1 amide bonds. The number of carbonyl (C=O) groups excluding carboxylic acids is 2. The summed E-state index contributed by atoms with van der Waals surface area (Å²) in [6.45, 7) is 2.59. The molecule has 194 valence electrons. The monoisotopic (exact) mass is 532 g/mol. The number of anilines is 1. The smallest absolute Gasteiger partial charge is 0.301 e. The van der Waals surface area contributed by atoms with Crippen LogP contribution in [0.25, 0.3) is 16.0 Å². The number of methoxy groups -OCH3 is 1. The number of halogens is 1. The van der Waals surface area contributed by atoms with Crippen LogP contribution in [0.2, 0.25) is 0 Å². The van der Waals surface area contributed by atoms with Crippen molar-refractivity contribution in [3.05, 3.63) is 89.2 Å². The second-order valence-corrected chi connectivity index (χ2v) is 9.79. The van der Waals surface area contributed by atoms with Gasteiger partial charge >= 0.3 is 5.91 Å². The predicted octanol–water partition coefficient (Wildman–Crippen LogP) is 6.25. The average Bonchev–Trinajstić information content (AvgIpc) is 3.46. The summed E-state index contributed by atoms with van der Waals surface area (Å²) in [5.74, 6) is -1.26. The number of unbranched alkanes of at least 4 members (excludes halogenated alkanes) is 1. The van der Waals surface area contributed by atoms with Crippen molar-refractivity contribution in [2.75, 3.05) is 18.6 Å². The maximum absolute atomic E-state index is 13.9. The molecule has 4 aromatic rings. The van der Waals surface area contributed by atoms with Gasteiger partial charge in [0.1, 0.15) is 23.1 Å². The van der Waals surface area contributed by atoms with Crippen LogP contribution in [0.1, 0.15) is 36.9 Å². The molecule has 1 atom stereocenters. The van der Waals surface area contributed by atoms with Crippen molar-refractivity contribution in [3.63, 3.8) is 0 Å². The van der Waals surface area contributed by atoms with Crippen molar-refractivity contribution >= 4 is 44.1 Å². The van der Waals surface area contributed by atoms with E-state index in [1.807, 2.05) is 0 Å². The normalized spacial score (nSPS) is 16.8. The lowest BCUT2D eigenvalue weighted by Gasteiger charge is -2.23. The number of hydrogen-bond donors (Lipinski definition) is 1. The largest absolute Gasteiger partial charge is 0.507 e. The Labute approximate surface area is 222 Å². The summed E-state index contributed by atoms with van der Waals surface area (Å²) in [6, 6.07) is 16.8. The number of aromatic nitrogens is 1. The molecule has 3 aromatic carbocycles. The van der Waals surface area contributed by atoms with E-state index >= 15 is 0 Å². The van der Waals surface area contributed by atoms with Gasteiger partial charge in [0.25, 0.3) is 5.78 Å². The first kappa shape index (κ1) is 25.4. The first-order valence-corrected chi connectivity index (χ1v) is 13.0. The number of thiazole rings is 1. The molecule has 2 heterocycles. The number of benzene rings is 3. The molecular weight excluding hydrogens is 507 g/mol. The van der Waals surface area contributed by atoms with Gasteiger partial charge < -0.3 is 14.6 Å². The summed E-state index contributed by atoms with van der Waals surface area (Å²) >= 11 is 1.10. The Kier molecular flexibility index (Phi) is 7.11. The molecule has 5 rings (SSSR count). The van der Waals surface area contributed by atoms with E-state index in [9.17, 15) is 19.1 Å². The van der Waals surface area contributed by atoms with E-state index in [1.54, 1.807) is 48.5 Å². The molecule has 7 nitrogen and oxygen atoms in total. The van der Waals surface area contributed by atoms with E-state index < -0.39 is 23.5 Å². The Balaban J connectivity index is 1.67. The number of amides is 1. The Bertz CT molecular complexity index is 1550. The maximum atomic E-state index is 13.9. The van der Waals surface area contributed by atoms with Crippen molar-refractivity contribution < 1.29 is 28.6 Å². The fourth-order valence-corrected chi connectivity index (χ4v) is 5.36. The van der Waals surface area contributed by atoms with Crippen LogP contribution in [0, 0.1) is 5.82 Å². The zero-order chi connectivity index (χ0) is 26.8. The second kappa shape index (κ2) is 10.6. The van der Waals surface area contributed by atoms with Crippen LogP contribution < -0.4 is 14.4 Å². The second-order valence-electron chi connectivity index (χ2n) is 8.78. The molecular formula is C29H25FN2O5S. The first-order chi connectivity index (χ1) is 18.4. The van der Waals surface area contributed by atoms with Gasteiger partial charge in [-0.3, -0.25) is 14.5 Å². The zero-order valence-electron chi connectivity index (χ0n) is 20.8. The third-order valence-electron chi connectivity index (χ3n) is 6.29. The van der Waals surface area contributed by atoms with Crippen LogP contribution in [0.15, 0.2) is 72.3 Å². The highest BCUT2D eigenvalue weighted by Crippen LogP contribution is 2.45. The minimum absolute atomic E-state index is 0.0729. The minimum Gasteiger partial charge on any atom is -0.507 e. The van der Waals surface area contributed by atoms with Crippen LogP contribution in [-0.4, -0.2) is 35.5 Å². The summed E-state index contributed by atoms with van der Waals surface area (Å²) in [4.78, 5) is 32.7. The number of carbonyl (C=O) groups is 2. The van der Waals surface area contributed by atoms with Crippen LogP contribution in [0.3, 0.4) is 0 Å². The number of aliphatic hydroxyl groups is 1. The molecule has 0 spiro atoms. The van der Waals surface area contributed by atoms with Gasteiger partial charge in [0.05, 0.1) is 35.5 Å². The third-order valence-corrected chi connectivity index (χ3v) is 7.31. The molecule has 0 bridgehead atoms. The number of aliphatic hydroxyl groups excluding tert-OH is 1. The summed E-state index contributed by atoms with van der Waals surface area (Å²) in [5.41, 5.74) is 1.35. The molecule has 1 unspecified atom stereocenters. The standard InChI is InChI=1S/C29H25FN2O5S/c1-3-4-14-37-21-7-5-6-18(15-21)25-24(26(33)17-8-11-20(36-2)12-9-17)27(34)28(35)32(25)29-31-22-13-10-19(30)16-23(22)38-29/h5-13,15-16,25,33H,3-4,14H2,1-2H3/b26-24+. The van der Waals surface area contributed by atoms with E-state index in [0.29, 0.717) is 39.4 Å². The van der Waals surface area contributed by atoms with Gasteiger partial charge in [0.2, 0.25) is 0 Å². The molecule has 1 aliphatic heterocycles. The lowest BCUT2D eigenvalue weighted by Crippen LogP contribution is -2.29. The first-order valence-electron chi connectivity index (χ1n) is 12.2. The Morgan fingerprint density at radius 3 is 2.61 bits per heavy atom. The van der Waals surface area contributed by atoms with Gasteiger partial charge in [-0.2, -0.15) is 0 Å². The number of nitrogens with zero attached hydrogens (tertiary/aromatic N) is 2. The molecule has 0 radical (unpaired) electrons. The van der Waals surface area contributed by atoms with Gasteiger partial charge in [-0.1, -0.05) is 36.8 Å². The SMILES string of the molecule is CCCCOc1cccc(C2/C(=C(\O)c3ccc(OC)cc3)C(=O)C(=O)N2c2nc3ccc(F)cc3s2)c1. The summed E-state index contributed by atoms with van der Waals surface area (Å²) < 4.78 is 25.5. The van der Waals surface area contributed by atoms with Crippen molar-refractivity contribution in [1.29, 1.82) is 0 Å². The third kappa shape index (κ3) is 4.72. The quantitative estimate of drug-likeness (QED) is 0.125. The molecule has 1 aliphatic rings. The fraction of sp³-hybridized carbons (Fsp3) is 0.207. The lowest BCUT2D eigenvalue weighted by atomic mass is 9.95. The lowest BCUT2D eigenvalue weighted by molar-refractivity contribution is -0.132. The van der Waals surface area contributed by atoms with Crippen LogP contribution in [0.5, 0.6) is 11.5 Å². The number of rotatable bonds is 8. The number of fused-ring (bicyclic) bond motifs is 1. The van der Waals surface area contributed by atoms with Crippen LogP contribution >= 0.6 is 11.3 Å². The van der Waals surface area contributed by atoms with Crippen LogP contribution in [-0.2, 0) is 9.59 Å². The Morgan fingerprint density at radius 1 is 1.08 bits per heavy atom. The van der Waals surface area contributed by atoms with E-state index in [4.69, 9.17) is 9.47 Å². The maximum Gasteiger partial charge on any atom is 0.301 e.